The quantitative estimate of drug-likeness (QED) is 0.170. The highest BCUT2D eigenvalue weighted by Crippen LogP contribution is 2.33. The van der Waals surface area contributed by atoms with E-state index in [-0.39, 0.29) is 54.8 Å². The van der Waals surface area contributed by atoms with Gasteiger partial charge in [0.25, 0.3) is 5.91 Å². The second-order valence-electron chi connectivity index (χ2n) is 8.15. The van der Waals surface area contributed by atoms with Crippen molar-refractivity contribution in [2.75, 3.05) is 51.5 Å². The number of aliphatic hydroxyl groups excluding tert-OH is 2. The van der Waals surface area contributed by atoms with E-state index in [1.165, 1.54) is 12.0 Å². The molecule has 0 atom stereocenters. The lowest BCUT2D eigenvalue weighted by Crippen LogP contribution is -2.62. The summed E-state index contributed by atoms with van der Waals surface area (Å²) in [5.41, 5.74) is 7.05. The van der Waals surface area contributed by atoms with Crippen molar-refractivity contribution >= 4 is 46.9 Å². The number of guanidine groups is 1. The molecular formula is C23H28ClN7O4. The Bertz CT molecular complexity index is 1170. The molecule has 0 aromatic heterocycles. The van der Waals surface area contributed by atoms with Gasteiger partial charge in [-0.05, 0) is 24.3 Å². The predicted molar refractivity (Wildman–Crippen MR) is 136 cm³/mol. The molecule has 0 spiro atoms. The molecule has 1 aliphatic rings. The van der Waals surface area contributed by atoms with Gasteiger partial charge >= 0.3 is 0 Å². The molecule has 2 aromatic carbocycles. The molecule has 0 unspecified atom stereocenters. The van der Waals surface area contributed by atoms with Crippen LogP contribution >= 0.6 is 11.6 Å². The zero-order valence-electron chi connectivity index (χ0n) is 19.4. The molecule has 2 aromatic rings. The number of hydrogen-bond donors (Lipinski definition) is 7. The Labute approximate surface area is 207 Å². The van der Waals surface area contributed by atoms with Crippen LogP contribution in [-0.4, -0.2) is 79.5 Å². The van der Waals surface area contributed by atoms with E-state index in [0.717, 1.165) is 6.21 Å². The summed E-state index contributed by atoms with van der Waals surface area (Å²) >= 11 is 6.32. The first-order chi connectivity index (χ1) is 16.7. The number of nitrogens with two attached hydrogens (primary N) is 1. The lowest BCUT2D eigenvalue weighted by molar-refractivity contribution is -0.0589. The molecule has 1 heterocycles. The number of carbonyl (C=O) groups is 1. The number of halogens is 1. The van der Waals surface area contributed by atoms with Crippen molar-refractivity contribution in [2.24, 2.45) is 10.4 Å². The number of benzene rings is 2. The van der Waals surface area contributed by atoms with Gasteiger partial charge in [0.15, 0.2) is 5.84 Å². The summed E-state index contributed by atoms with van der Waals surface area (Å²) in [5, 5.41) is 40.9. The molecule has 0 aliphatic carbocycles. The average Bonchev–Trinajstić information content (AvgIpc) is 2.84. The van der Waals surface area contributed by atoms with Crippen LogP contribution in [0.5, 0.6) is 5.75 Å². The molecule has 11 nitrogen and oxygen atoms in total. The number of nitrogen functional groups attached to an aromatic ring is 1. The topological polar surface area (TPSA) is 180 Å². The van der Waals surface area contributed by atoms with Crippen molar-refractivity contribution in [3.8, 4) is 5.75 Å². The second-order valence-corrected chi connectivity index (χ2v) is 8.53. The van der Waals surface area contributed by atoms with Gasteiger partial charge in [-0.3, -0.25) is 10.2 Å². The first kappa shape index (κ1) is 25.9. The van der Waals surface area contributed by atoms with Crippen molar-refractivity contribution in [2.45, 2.75) is 0 Å². The summed E-state index contributed by atoms with van der Waals surface area (Å²) in [6, 6.07) is 7.93. The second kappa shape index (κ2) is 10.7. The van der Waals surface area contributed by atoms with Crippen LogP contribution in [0.15, 0.2) is 35.3 Å². The fraction of sp³-hybridized carbons (Fsp3) is 0.304. The van der Waals surface area contributed by atoms with Crippen molar-refractivity contribution in [1.82, 2.24) is 10.2 Å². The Hall–Kier alpha value is -3.67. The minimum atomic E-state index is -0.678. The third-order valence-electron chi connectivity index (χ3n) is 5.79. The maximum Gasteiger partial charge on any atom is 0.257 e. The van der Waals surface area contributed by atoms with Crippen molar-refractivity contribution in [1.29, 1.82) is 10.8 Å². The summed E-state index contributed by atoms with van der Waals surface area (Å²) in [4.78, 5) is 18.7. The number of amides is 1. The molecule has 0 saturated carbocycles. The van der Waals surface area contributed by atoms with Crippen LogP contribution in [0.3, 0.4) is 0 Å². The third-order valence-corrected chi connectivity index (χ3v) is 6.19. The fourth-order valence-electron chi connectivity index (χ4n) is 3.64. The van der Waals surface area contributed by atoms with E-state index in [2.05, 4.69) is 15.6 Å². The lowest BCUT2D eigenvalue weighted by Gasteiger charge is -2.48. The number of rotatable bonds is 7. The lowest BCUT2D eigenvalue weighted by atomic mass is 9.81. The van der Waals surface area contributed by atoms with E-state index in [0.29, 0.717) is 28.1 Å². The Morgan fingerprint density at radius 1 is 1.31 bits per heavy atom. The molecule has 0 radical (unpaired) electrons. The molecule has 1 aliphatic heterocycles. The molecular weight excluding hydrogens is 474 g/mol. The van der Waals surface area contributed by atoms with Gasteiger partial charge in [-0.1, -0.05) is 17.7 Å². The summed E-state index contributed by atoms with van der Waals surface area (Å²) < 4.78 is 5.39. The van der Waals surface area contributed by atoms with Crippen LogP contribution in [0.25, 0.3) is 0 Å². The van der Waals surface area contributed by atoms with Crippen molar-refractivity contribution in [3.63, 3.8) is 0 Å². The smallest absolute Gasteiger partial charge is 0.257 e. The number of carbonyl (C=O) groups excluding carboxylic acids is 1. The van der Waals surface area contributed by atoms with Gasteiger partial charge in [0.1, 0.15) is 5.75 Å². The predicted octanol–water partition coefficient (Wildman–Crippen LogP) is 1.37. The van der Waals surface area contributed by atoms with Gasteiger partial charge in [0.05, 0.1) is 42.0 Å². The minimum Gasteiger partial charge on any atom is -0.496 e. The van der Waals surface area contributed by atoms with Gasteiger partial charge < -0.3 is 41.6 Å². The van der Waals surface area contributed by atoms with Crippen molar-refractivity contribution in [3.05, 3.63) is 52.0 Å². The Morgan fingerprint density at radius 3 is 2.57 bits per heavy atom. The average molecular weight is 502 g/mol. The van der Waals surface area contributed by atoms with Gasteiger partial charge in [0.2, 0.25) is 5.96 Å². The number of likely N-dealkylation sites (tertiary alicyclic amines) is 1. The van der Waals surface area contributed by atoms with Gasteiger partial charge in [-0.2, -0.15) is 4.99 Å². The fourth-order valence-corrected chi connectivity index (χ4v) is 3.92. The van der Waals surface area contributed by atoms with Crippen molar-refractivity contribution < 1.29 is 19.7 Å². The molecule has 8 N–H and O–H groups in total. The minimum absolute atomic E-state index is 0.110. The van der Waals surface area contributed by atoms with E-state index in [4.69, 9.17) is 32.9 Å². The Kier molecular flexibility index (Phi) is 7.95. The van der Waals surface area contributed by atoms with E-state index < -0.39 is 5.41 Å². The zero-order chi connectivity index (χ0) is 25.8. The van der Waals surface area contributed by atoms with Crippen LogP contribution in [0, 0.1) is 16.2 Å². The molecule has 0 bridgehead atoms. The molecule has 35 heavy (non-hydrogen) atoms. The number of amidine groups is 1. The third kappa shape index (κ3) is 5.21. The van der Waals surface area contributed by atoms with Crippen LogP contribution in [-0.2, 0) is 0 Å². The van der Waals surface area contributed by atoms with E-state index in [9.17, 15) is 15.0 Å². The van der Waals surface area contributed by atoms with Crippen LogP contribution in [0.1, 0.15) is 21.5 Å². The number of methoxy groups -OCH3 is 1. The van der Waals surface area contributed by atoms with Crippen LogP contribution in [0.2, 0.25) is 5.02 Å². The Morgan fingerprint density at radius 2 is 2.00 bits per heavy atom. The first-order valence-corrected chi connectivity index (χ1v) is 11.0. The SMILES string of the molecule is CN/C(=N\C(=N)c1ccc(C(=O)N2CC(CO)(CO)C2)c(OC)c1)Nc1ccc(N)c(C=N)c1Cl. The highest BCUT2D eigenvalue weighted by atomic mass is 35.5. The van der Waals surface area contributed by atoms with Gasteiger partial charge in [-0.25, -0.2) is 0 Å². The summed E-state index contributed by atoms with van der Waals surface area (Å²) in [6.45, 7) is 0.0814. The number of aliphatic hydroxyl groups is 2. The number of nitrogens with one attached hydrogen (secondary N) is 4. The van der Waals surface area contributed by atoms with E-state index in [1.54, 1.807) is 37.4 Å². The number of nitrogens with zero attached hydrogens (tertiary/aromatic N) is 2. The summed E-state index contributed by atoms with van der Waals surface area (Å²) in [7, 11) is 3.05. The number of hydrogen-bond acceptors (Lipinski definition) is 7. The molecule has 1 fully saturated rings. The molecule has 1 saturated heterocycles. The number of anilines is 2. The standard InChI is InChI=1S/C23H28ClN7O4/c1-28-22(29-17-6-5-16(26)15(8-25)19(17)24)30-20(27)13-3-4-14(18(7-13)35-2)21(34)31-9-23(10-31,11-32)12-33/h3-8,25,32-33H,9-12,26H2,1-2H3,(H3,27,28,29,30). The molecule has 3 rings (SSSR count). The highest BCUT2D eigenvalue weighted by molar-refractivity contribution is 6.36. The maximum atomic E-state index is 12.9. The normalized spacial score (nSPS) is 14.7. The molecule has 12 heteroatoms. The maximum absolute atomic E-state index is 12.9. The highest BCUT2D eigenvalue weighted by Gasteiger charge is 2.45. The van der Waals surface area contributed by atoms with Gasteiger partial charge in [-0.15, -0.1) is 0 Å². The summed E-state index contributed by atoms with van der Waals surface area (Å²) in [6.07, 6.45) is 1.06. The summed E-state index contributed by atoms with van der Waals surface area (Å²) in [5.74, 6) is 0.0934. The first-order valence-electron chi connectivity index (χ1n) is 10.6. The van der Waals surface area contributed by atoms with Crippen LogP contribution < -0.4 is 21.1 Å². The monoisotopic (exact) mass is 501 g/mol. The van der Waals surface area contributed by atoms with E-state index >= 15 is 0 Å². The largest absolute Gasteiger partial charge is 0.496 e. The number of ether oxygens (including phenoxy) is 1. The Balaban J connectivity index is 1.80. The molecule has 186 valence electrons. The molecule has 1 amide bonds. The van der Waals surface area contributed by atoms with E-state index in [1.807, 2.05) is 0 Å². The van der Waals surface area contributed by atoms with Gasteiger partial charge in [0, 0.05) is 43.2 Å². The van der Waals surface area contributed by atoms with Crippen LogP contribution in [0.4, 0.5) is 11.4 Å². The number of aliphatic imine (C=N–C) groups is 1. The zero-order valence-corrected chi connectivity index (χ0v) is 20.1.